The second-order valence-corrected chi connectivity index (χ2v) is 5.63. The van der Waals surface area contributed by atoms with Crippen molar-refractivity contribution < 1.29 is 14.0 Å². The van der Waals surface area contributed by atoms with Crippen LogP contribution in [0, 0.1) is 5.82 Å². The molecule has 2 amide bonds. The molecule has 1 atom stereocenters. The lowest BCUT2D eigenvalue weighted by Crippen LogP contribution is -2.41. The number of hydrogen-bond acceptors (Lipinski definition) is 3. The quantitative estimate of drug-likeness (QED) is 0.772. The van der Waals surface area contributed by atoms with Crippen molar-refractivity contribution in [2.75, 3.05) is 27.2 Å². The molecule has 0 spiro atoms. The predicted octanol–water partition coefficient (Wildman–Crippen LogP) is 1.99. The molecule has 122 valence electrons. The van der Waals surface area contributed by atoms with Gasteiger partial charge in [-0.1, -0.05) is 23.2 Å². The number of carbonyl (C=O) groups is 2. The molecule has 5 nitrogen and oxygen atoms in total. The Morgan fingerprint density at radius 3 is 2.55 bits per heavy atom. The first-order chi connectivity index (χ1) is 10.3. The number of likely N-dealkylation sites (N-methyl/N-ethyl adjacent to an activating group) is 2. The van der Waals surface area contributed by atoms with E-state index in [2.05, 4.69) is 10.6 Å². The fraction of sp³-hybridized carbons (Fsp3) is 0.429. The normalized spacial score (nSPS) is 11.9. The van der Waals surface area contributed by atoms with E-state index < -0.39 is 5.82 Å². The Balaban J connectivity index is 2.62. The molecule has 0 aliphatic rings. The molecule has 1 rings (SSSR count). The monoisotopic (exact) mass is 349 g/mol. The number of nitrogens with zero attached hydrogens (tertiary/aromatic N) is 1. The van der Waals surface area contributed by atoms with E-state index >= 15 is 0 Å². The summed E-state index contributed by atoms with van der Waals surface area (Å²) in [6.07, 6.45) is 0. The lowest BCUT2D eigenvalue weighted by Gasteiger charge is -2.20. The highest BCUT2D eigenvalue weighted by Gasteiger charge is 2.16. The molecule has 0 radical (unpaired) electrons. The van der Waals surface area contributed by atoms with Gasteiger partial charge in [-0.2, -0.15) is 0 Å². The number of nitrogens with one attached hydrogen (secondary N) is 2. The molecule has 0 aliphatic heterocycles. The van der Waals surface area contributed by atoms with Crippen molar-refractivity contribution >= 4 is 35.0 Å². The molecule has 1 aromatic carbocycles. The largest absolute Gasteiger partial charge is 0.358 e. The summed E-state index contributed by atoms with van der Waals surface area (Å²) in [5.74, 6) is -1.09. The van der Waals surface area contributed by atoms with Gasteiger partial charge in [-0.3, -0.25) is 9.59 Å². The summed E-state index contributed by atoms with van der Waals surface area (Å²) >= 11 is 11.7. The van der Waals surface area contributed by atoms with Crippen LogP contribution in [0.25, 0.3) is 0 Å². The lowest BCUT2D eigenvalue weighted by molar-refractivity contribution is -0.133. The molecule has 2 N–H and O–H groups in total. The van der Waals surface area contributed by atoms with Crippen molar-refractivity contribution in [3.8, 4) is 0 Å². The fourth-order valence-electron chi connectivity index (χ4n) is 1.74. The first-order valence-electron chi connectivity index (χ1n) is 6.58. The standard InChI is InChI=1S/C14H18Cl2FN3O2/c1-8(9-4-12(17)11(16)5-10(9)15)19-6-14(22)20(3)7-13(21)18-2/h4-5,8,19H,6-7H2,1-3H3,(H,18,21)/t8-/m1/s1. The maximum absolute atomic E-state index is 13.5. The van der Waals surface area contributed by atoms with Crippen molar-refractivity contribution in [3.63, 3.8) is 0 Å². The Bertz CT molecular complexity index is 569. The highest BCUT2D eigenvalue weighted by molar-refractivity contribution is 6.35. The Kier molecular flexibility index (Phi) is 7.06. The smallest absolute Gasteiger partial charge is 0.239 e. The summed E-state index contributed by atoms with van der Waals surface area (Å²) in [6.45, 7) is 1.72. The van der Waals surface area contributed by atoms with E-state index in [1.165, 1.54) is 31.1 Å². The molecule has 0 bridgehead atoms. The minimum Gasteiger partial charge on any atom is -0.358 e. The van der Waals surface area contributed by atoms with Crippen molar-refractivity contribution in [1.29, 1.82) is 0 Å². The van der Waals surface area contributed by atoms with Crippen molar-refractivity contribution in [2.24, 2.45) is 0 Å². The summed E-state index contributed by atoms with van der Waals surface area (Å²) in [4.78, 5) is 24.4. The van der Waals surface area contributed by atoms with Gasteiger partial charge in [-0.05, 0) is 24.6 Å². The van der Waals surface area contributed by atoms with E-state index in [0.717, 1.165) is 0 Å². The summed E-state index contributed by atoms with van der Waals surface area (Å²) in [6, 6.07) is 2.21. The summed E-state index contributed by atoms with van der Waals surface area (Å²) in [5.41, 5.74) is 0.505. The van der Waals surface area contributed by atoms with E-state index in [1.54, 1.807) is 6.92 Å². The Labute approximate surface area is 138 Å². The fourth-order valence-corrected chi connectivity index (χ4v) is 2.28. The number of hydrogen-bond donors (Lipinski definition) is 2. The number of benzene rings is 1. The maximum Gasteiger partial charge on any atom is 0.239 e. The molecule has 0 unspecified atom stereocenters. The molecular formula is C14H18Cl2FN3O2. The van der Waals surface area contributed by atoms with Gasteiger partial charge in [0.1, 0.15) is 5.82 Å². The number of carbonyl (C=O) groups excluding carboxylic acids is 2. The van der Waals surface area contributed by atoms with Crippen LogP contribution in [0.4, 0.5) is 4.39 Å². The third kappa shape index (κ3) is 5.12. The Morgan fingerprint density at radius 1 is 1.32 bits per heavy atom. The van der Waals surface area contributed by atoms with Gasteiger partial charge in [-0.25, -0.2) is 4.39 Å². The molecular weight excluding hydrogens is 332 g/mol. The molecule has 1 aromatic rings. The summed E-state index contributed by atoms with van der Waals surface area (Å²) in [5, 5.41) is 5.64. The molecule has 0 aliphatic carbocycles. The van der Waals surface area contributed by atoms with E-state index in [4.69, 9.17) is 23.2 Å². The van der Waals surface area contributed by atoms with Crippen LogP contribution >= 0.6 is 23.2 Å². The zero-order valence-electron chi connectivity index (χ0n) is 12.5. The first-order valence-corrected chi connectivity index (χ1v) is 7.34. The van der Waals surface area contributed by atoms with Crippen LogP contribution in [0.2, 0.25) is 10.0 Å². The van der Waals surface area contributed by atoms with E-state index in [0.29, 0.717) is 10.6 Å². The van der Waals surface area contributed by atoms with Crippen molar-refractivity contribution in [3.05, 3.63) is 33.6 Å². The Hall–Kier alpha value is -1.37. The van der Waals surface area contributed by atoms with Crippen molar-refractivity contribution in [1.82, 2.24) is 15.5 Å². The van der Waals surface area contributed by atoms with Gasteiger partial charge in [0.05, 0.1) is 18.1 Å². The SMILES string of the molecule is CNC(=O)CN(C)C(=O)CN[C@H](C)c1cc(F)c(Cl)cc1Cl. The number of rotatable bonds is 6. The maximum atomic E-state index is 13.5. The van der Waals surface area contributed by atoms with Gasteiger partial charge >= 0.3 is 0 Å². The van der Waals surface area contributed by atoms with Gasteiger partial charge in [0, 0.05) is 25.2 Å². The van der Waals surface area contributed by atoms with Crippen LogP contribution in [0.3, 0.4) is 0 Å². The third-order valence-electron chi connectivity index (χ3n) is 3.15. The second-order valence-electron chi connectivity index (χ2n) is 4.81. The van der Waals surface area contributed by atoms with Gasteiger partial charge < -0.3 is 15.5 Å². The van der Waals surface area contributed by atoms with Crippen LogP contribution in [0.1, 0.15) is 18.5 Å². The van der Waals surface area contributed by atoms with Gasteiger partial charge in [-0.15, -0.1) is 0 Å². The van der Waals surface area contributed by atoms with Crippen LogP contribution in [0.15, 0.2) is 12.1 Å². The molecule has 0 saturated carbocycles. The summed E-state index contributed by atoms with van der Waals surface area (Å²) in [7, 11) is 3.02. The highest BCUT2D eigenvalue weighted by Crippen LogP contribution is 2.28. The van der Waals surface area contributed by atoms with Crippen molar-refractivity contribution in [2.45, 2.75) is 13.0 Å². The minimum absolute atomic E-state index is 0.00473. The summed E-state index contributed by atoms with van der Waals surface area (Å²) < 4.78 is 13.5. The third-order valence-corrected chi connectivity index (χ3v) is 3.77. The van der Waals surface area contributed by atoms with E-state index in [-0.39, 0.29) is 36.0 Å². The van der Waals surface area contributed by atoms with E-state index in [9.17, 15) is 14.0 Å². The van der Waals surface area contributed by atoms with Gasteiger partial charge in [0.15, 0.2) is 0 Å². The zero-order chi connectivity index (χ0) is 16.9. The first kappa shape index (κ1) is 18.7. The van der Waals surface area contributed by atoms with Crippen LogP contribution in [0.5, 0.6) is 0 Å². The number of amides is 2. The van der Waals surface area contributed by atoms with E-state index in [1.807, 2.05) is 0 Å². The lowest BCUT2D eigenvalue weighted by atomic mass is 10.1. The van der Waals surface area contributed by atoms with Crippen LogP contribution in [-0.2, 0) is 9.59 Å². The molecule has 0 aromatic heterocycles. The molecule has 22 heavy (non-hydrogen) atoms. The number of halogens is 3. The highest BCUT2D eigenvalue weighted by atomic mass is 35.5. The average Bonchev–Trinajstić information content (AvgIpc) is 2.47. The van der Waals surface area contributed by atoms with Gasteiger partial charge in [0.2, 0.25) is 11.8 Å². The van der Waals surface area contributed by atoms with Gasteiger partial charge in [0.25, 0.3) is 0 Å². The predicted molar refractivity (Wildman–Crippen MR) is 84.5 cm³/mol. The average molecular weight is 350 g/mol. The molecule has 8 heteroatoms. The molecule has 0 fully saturated rings. The van der Waals surface area contributed by atoms with Crippen LogP contribution < -0.4 is 10.6 Å². The zero-order valence-corrected chi connectivity index (χ0v) is 14.1. The second kappa shape index (κ2) is 8.31. The Morgan fingerprint density at radius 2 is 1.95 bits per heavy atom. The molecule has 0 saturated heterocycles. The van der Waals surface area contributed by atoms with Crippen LogP contribution in [-0.4, -0.2) is 43.9 Å². The minimum atomic E-state index is -0.572. The topological polar surface area (TPSA) is 61.4 Å². The molecule has 0 heterocycles.